The van der Waals surface area contributed by atoms with E-state index in [9.17, 15) is 4.79 Å². The average molecular weight is 278 g/mol. The molecule has 15 heavy (non-hydrogen) atoms. The first-order valence-corrected chi connectivity index (χ1v) is 6.89. The zero-order valence-corrected chi connectivity index (χ0v) is 10.7. The van der Waals surface area contributed by atoms with Crippen molar-refractivity contribution in [2.75, 3.05) is 18.5 Å². The second kappa shape index (κ2) is 8.11. The van der Waals surface area contributed by atoms with Crippen LogP contribution in [-0.4, -0.2) is 30.5 Å². The SMILES string of the molecule is O=C(CCC1CCCCO1)NCCCBr. The topological polar surface area (TPSA) is 38.3 Å². The van der Waals surface area contributed by atoms with Crippen molar-refractivity contribution >= 4 is 21.8 Å². The van der Waals surface area contributed by atoms with Gasteiger partial charge in [-0.05, 0) is 32.1 Å². The minimum atomic E-state index is 0.158. The van der Waals surface area contributed by atoms with Gasteiger partial charge in [0.2, 0.25) is 5.91 Å². The van der Waals surface area contributed by atoms with E-state index in [1.807, 2.05) is 0 Å². The fraction of sp³-hybridized carbons (Fsp3) is 0.909. The molecule has 1 fully saturated rings. The van der Waals surface area contributed by atoms with Crippen molar-refractivity contribution in [2.45, 2.75) is 44.6 Å². The summed E-state index contributed by atoms with van der Waals surface area (Å²) in [5.74, 6) is 0.158. The highest BCUT2D eigenvalue weighted by molar-refractivity contribution is 9.09. The van der Waals surface area contributed by atoms with Crippen molar-refractivity contribution in [2.24, 2.45) is 0 Å². The van der Waals surface area contributed by atoms with Crippen LogP contribution in [0.25, 0.3) is 0 Å². The van der Waals surface area contributed by atoms with E-state index >= 15 is 0 Å². The summed E-state index contributed by atoms with van der Waals surface area (Å²) in [6.45, 7) is 1.64. The minimum absolute atomic E-state index is 0.158. The Kier molecular flexibility index (Phi) is 7.01. The molecule has 1 amide bonds. The highest BCUT2D eigenvalue weighted by Gasteiger charge is 2.14. The molecule has 0 radical (unpaired) electrons. The summed E-state index contributed by atoms with van der Waals surface area (Å²) in [6, 6.07) is 0. The van der Waals surface area contributed by atoms with Crippen LogP contribution in [0.1, 0.15) is 38.5 Å². The first-order chi connectivity index (χ1) is 7.33. The second-order valence-electron chi connectivity index (χ2n) is 3.92. The zero-order valence-electron chi connectivity index (χ0n) is 9.14. The van der Waals surface area contributed by atoms with Gasteiger partial charge in [-0.3, -0.25) is 4.79 Å². The van der Waals surface area contributed by atoms with E-state index in [4.69, 9.17) is 4.74 Å². The third-order valence-corrected chi connectivity index (χ3v) is 3.16. The van der Waals surface area contributed by atoms with Crippen LogP contribution >= 0.6 is 15.9 Å². The molecule has 1 heterocycles. The number of ether oxygens (including phenoxy) is 1. The molecule has 0 aliphatic carbocycles. The zero-order chi connectivity index (χ0) is 10.9. The average Bonchev–Trinajstić information content (AvgIpc) is 2.28. The number of hydrogen-bond donors (Lipinski definition) is 1. The molecule has 0 aromatic rings. The molecule has 0 bridgehead atoms. The van der Waals surface area contributed by atoms with Gasteiger partial charge in [-0.1, -0.05) is 15.9 Å². The van der Waals surface area contributed by atoms with E-state index in [1.54, 1.807) is 0 Å². The fourth-order valence-corrected chi connectivity index (χ4v) is 1.99. The summed E-state index contributed by atoms with van der Waals surface area (Å²) in [7, 11) is 0. The fourth-order valence-electron chi connectivity index (χ4n) is 1.71. The molecule has 1 aliphatic rings. The summed E-state index contributed by atoms with van der Waals surface area (Å²) in [6.07, 6.45) is 6.33. The van der Waals surface area contributed by atoms with E-state index < -0.39 is 0 Å². The largest absolute Gasteiger partial charge is 0.378 e. The first-order valence-electron chi connectivity index (χ1n) is 5.77. The van der Waals surface area contributed by atoms with E-state index in [1.165, 1.54) is 12.8 Å². The van der Waals surface area contributed by atoms with Crippen molar-refractivity contribution < 1.29 is 9.53 Å². The van der Waals surface area contributed by atoms with Crippen molar-refractivity contribution in [3.8, 4) is 0 Å². The summed E-state index contributed by atoms with van der Waals surface area (Å²) in [4.78, 5) is 11.4. The number of amides is 1. The molecule has 1 atom stereocenters. The number of rotatable bonds is 6. The molecule has 88 valence electrons. The van der Waals surface area contributed by atoms with Crippen LogP contribution in [0.3, 0.4) is 0 Å². The second-order valence-corrected chi connectivity index (χ2v) is 4.71. The number of carbonyl (C=O) groups excluding carboxylic acids is 1. The molecule has 0 aromatic carbocycles. The van der Waals surface area contributed by atoms with Crippen LogP contribution in [0.2, 0.25) is 0 Å². The summed E-state index contributed by atoms with van der Waals surface area (Å²) in [5.41, 5.74) is 0. The summed E-state index contributed by atoms with van der Waals surface area (Å²) >= 11 is 3.33. The lowest BCUT2D eigenvalue weighted by Crippen LogP contribution is -2.27. The maximum Gasteiger partial charge on any atom is 0.220 e. The normalized spacial score (nSPS) is 21.3. The van der Waals surface area contributed by atoms with Gasteiger partial charge in [0.15, 0.2) is 0 Å². The molecule has 1 aliphatic heterocycles. The van der Waals surface area contributed by atoms with Gasteiger partial charge in [-0.25, -0.2) is 0 Å². The third-order valence-electron chi connectivity index (χ3n) is 2.60. The van der Waals surface area contributed by atoms with Crippen LogP contribution in [0, 0.1) is 0 Å². The molecule has 3 nitrogen and oxygen atoms in total. The Bertz CT molecular complexity index is 181. The molecule has 1 saturated heterocycles. The monoisotopic (exact) mass is 277 g/mol. The molecule has 4 heteroatoms. The maximum absolute atomic E-state index is 11.4. The van der Waals surface area contributed by atoms with E-state index in [-0.39, 0.29) is 5.91 Å². The smallest absolute Gasteiger partial charge is 0.220 e. The lowest BCUT2D eigenvalue weighted by molar-refractivity contribution is -0.122. The Morgan fingerprint density at radius 2 is 2.33 bits per heavy atom. The van der Waals surface area contributed by atoms with Crippen LogP contribution in [0.4, 0.5) is 0 Å². The molecule has 1 rings (SSSR count). The standard InChI is InChI=1S/C11H20BrNO2/c12-7-3-8-13-11(14)6-5-10-4-1-2-9-15-10/h10H,1-9H2,(H,13,14). The summed E-state index contributed by atoms with van der Waals surface area (Å²) in [5, 5.41) is 3.84. The van der Waals surface area contributed by atoms with Gasteiger partial charge in [0, 0.05) is 24.9 Å². The molecule has 0 saturated carbocycles. The molecule has 0 spiro atoms. The number of halogens is 1. The molecular weight excluding hydrogens is 258 g/mol. The predicted molar refractivity (Wildman–Crippen MR) is 64.2 cm³/mol. The number of hydrogen-bond acceptors (Lipinski definition) is 2. The van der Waals surface area contributed by atoms with Gasteiger partial charge >= 0.3 is 0 Å². The van der Waals surface area contributed by atoms with Crippen LogP contribution in [-0.2, 0) is 9.53 Å². The lowest BCUT2D eigenvalue weighted by atomic mass is 10.0. The third kappa shape index (κ3) is 6.15. The first kappa shape index (κ1) is 13.0. The maximum atomic E-state index is 11.4. The Morgan fingerprint density at radius 1 is 1.47 bits per heavy atom. The van der Waals surface area contributed by atoms with Crippen molar-refractivity contribution in [1.29, 1.82) is 0 Å². The Hall–Kier alpha value is -0.0900. The minimum Gasteiger partial charge on any atom is -0.378 e. The number of nitrogens with one attached hydrogen (secondary N) is 1. The van der Waals surface area contributed by atoms with E-state index in [2.05, 4.69) is 21.2 Å². The van der Waals surface area contributed by atoms with Crippen LogP contribution in [0.15, 0.2) is 0 Å². The van der Waals surface area contributed by atoms with Gasteiger partial charge < -0.3 is 10.1 Å². The van der Waals surface area contributed by atoms with E-state index in [0.29, 0.717) is 12.5 Å². The Morgan fingerprint density at radius 3 is 3.00 bits per heavy atom. The number of carbonyl (C=O) groups is 1. The number of alkyl halides is 1. The van der Waals surface area contributed by atoms with E-state index in [0.717, 1.165) is 37.7 Å². The lowest BCUT2D eigenvalue weighted by Gasteiger charge is -2.22. The predicted octanol–water partition coefficient (Wildman–Crippen LogP) is 2.24. The Labute approximate surface area is 100 Å². The quantitative estimate of drug-likeness (QED) is 0.597. The van der Waals surface area contributed by atoms with Gasteiger partial charge in [-0.2, -0.15) is 0 Å². The van der Waals surface area contributed by atoms with Gasteiger partial charge in [-0.15, -0.1) is 0 Å². The molecule has 1 unspecified atom stereocenters. The molecule has 0 aromatic heterocycles. The molecule has 1 N–H and O–H groups in total. The summed E-state index contributed by atoms with van der Waals surface area (Å²) < 4.78 is 5.57. The molecular formula is C11H20BrNO2. The van der Waals surface area contributed by atoms with Crippen LogP contribution in [0.5, 0.6) is 0 Å². The van der Waals surface area contributed by atoms with Gasteiger partial charge in [0.05, 0.1) is 6.10 Å². The van der Waals surface area contributed by atoms with Gasteiger partial charge in [0.1, 0.15) is 0 Å². The van der Waals surface area contributed by atoms with Gasteiger partial charge in [0.25, 0.3) is 0 Å². The Balaban J connectivity index is 2.00. The highest BCUT2D eigenvalue weighted by Crippen LogP contribution is 2.16. The highest BCUT2D eigenvalue weighted by atomic mass is 79.9. The van der Waals surface area contributed by atoms with Crippen molar-refractivity contribution in [1.82, 2.24) is 5.32 Å². The van der Waals surface area contributed by atoms with Crippen LogP contribution < -0.4 is 5.32 Å². The van der Waals surface area contributed by atoms with Crippen molar-refractivity contribution in [3.05, 3.63) is 0 Å². The van der Waals surface area contributed by atoms with Crippen molar-refractivity contribution in [3.63, 3.8) is 0 Å².